The molecule has 0 aromatic heterocycles. The van der Waals surface area contributed by atoms with Gasteiger partial charge in [0, 0.05) is 12.1 Å². The Hall–Kier alpha value is -2.02. The number of amides is 1. The lowest BCUT2D eigenvalue weighted by molar-refractivity contribution is 0.0523. The Kier molecular flexibility index (Phi) is 4.73. The van der Waals surface area contributed by atoms with Crippen LogP contribution in [-0.2, 0) is 17.8 Å². The second-order valence-corrected chi connectivity index (χ2v) is 4.99. The number of alkyl carbamates (subject to hydrolysis) is 1. The summed E-state index contributed by atoms with van der Waals surface area (Å²) in [5.74, 6) is 0. The Morgan fingerprint density at radius 1 is 1.39 bits per heavy atom. The summed E-state index contributed by atoms with van der Waals surface area (Å²) in [6.45, 7) is 13.0. The molecular formula is C14H18N2O2. The maximum Gasteiger partial charge on any atom is 0.407 e. The molecule has 0 saturated heterocycles. The number of rotatable bonds is 3. The van der Waals surface area contributed by atoms with Crippen molar-refractivity contribution in [3.05, 3.63) is 46.8 Å². The van der Waals surface area contributed by atoms with Crippen molar-refractivity contribution < 1.29 is 9.53 Å². The van der Waals surface area contributed by atoms with Crippen molar-refractivity contribution in [3.8, 4) is 0 Å². The fourth-order valence-corrected chi connectivity index (χ4v) is 1.42. The van der Waals surface area contributed by atoms with Gasteiger partial charge < -0.3 is 14.9 Å². The Labute approximate surface area is 108 Å². The molecule has 0 heterocycles. The molecule has 1 rings (SSSR count). The summed E-state index contributed by atoms with van der Waals surface area (Å²) in [7, 11) is 0. The standard InChI is InChI=1S/C14H18N2O2/c1-14(2,3)18-13(17)16-10-12-7-5-6-11(8-12)9-15-4/h5-8H,9-10H2,1-3H3,(H,16,17). The first-order valence-corrected chi connectivity index (χ1v) is 5.78. The highest BCUT2D eigenvalue weighted by molar-refractivity contribution is 5.67. The molecule has 0 aliphatic carbocycles. The zero-order valence-corrected chi connectivity index (χ0v) is 11.0. The Morgan fingerprint density at radius 3 is 2.67 bits per heavy atom. The number of hydrogen-bond donors (Lipinski definition) is 1. The highest BCUT2D eigenvalue weighted by Gasteiger charge is 2.15. The van der Waals surface area contributed by atoms with E-state index in [1.165, 1.54) is 0 Å². The maximum absolute atomic E-state index is 11.5. The maximum atomic E-state index is 11.5. The zero-order valence-electron chi connectivity index (χ0n) is 11.0. The molecule has 1 N–H and O–H groups in total. The number of carbonyl (C=O) groups is 1. The SMILES string of the molecule is [C-]#[N+]Cc1cccc(CNC(=O)OC(C)(C)C)c1. The lowest BCUT2D eigenvalue weighted by Crippen LogP contribution is -2.32. The fourth-order valence-electron chi connectivity index (χ4n) is 1.42. The molecule has 1 aromatic carbocycles. The third-order valence-electron chi connectivity index (χ3n) is 2.09. The quantitative estimate of drug-likeness (QED) is 0.833. The second-order valence-electron chi connectivity index (χ2n) is 4.99. The smallest absolute Gasteiger partial charge is 0.407 e. The molecule has 0 bridgehead atoms. The van der Waals surface area contributed by atoms with E-state index < -0.39 is 11.7 Å². The lowest BCUT2D eigenvalue weighted by Gasteiger charge is -2.19. The predicted molar refractivity (Wildman–Crippen MR) is 69.8 cm³/mol. The van der Waals surface area contributed by atoms with Gasteiger partial charge >= 0.3 is 6.09 Å². The van der Waals surface area contributed by atoms with Crippen molar-refractivity contribution in [2.75, 3.05) is 0 Å². The lowest BCUT2D eigenvalue weighted by atomic mass is 10.1. The molecule has 4 heteroatoms. The van der Waals surface area contributed by atoms with Gasteiger partial charge in [0.15, 0.2) is 0 Å². The normalized spacial score (nSPS) is 10.6. The summed E-state index contributed by atoms with van der Waals surface area (Å²) in [5.41, 5.74) is 1.42. The van der Waals surface area contributed by atoms with Crippen LogP contribution in [0.5, 0.6) is 0 Å². The van der Waals surface area contributed by atoms with Crippen LogP contribution in [0.4, 0.5) is 4.79 Å². The summed E-state index contributed by atoms with van der Waals surface area (Å²) in [5, 5.41) is 2.69. The number of carbonyl (C=O) groups excluding carboxylic acids is 1. The van der Waals surface area contributed by atoms with Crippen LogP contribution in [0.2, 0.25) is 0 Å². The van der Waals surface area contributed by atoms with Gasteiger partial charge in [-0.05, 0) is 32.4 Å². The monoisotopic (exact) mass is 246 g/mol. The number of hydrogen-bond acceptors (Lipinski definition) is 2. The van der Waals surface area contributed by atoms with Crippen LogP contribution in [0.1, 0.15) is 31.9 Å². The molecule has 0 atom stereocenters. The van der Waals surface area contributed by atoms with E-state index in [1.54, 1.807) is 0 Å². The molecule has 4 nitrogen and oxygen atoms in total. The van der Waals surface area contributed by atoms with Gasteiger partial charge in [-0.2, -0.15) is 0 Å². The first-order chi connectivity index (χ1) is 8.40. The van der Waals surface area contributed by atoms with Gasteiger partial charge in [-0.1, -0.05) is 18.2 Å². The predicted octanol–water partition coefficient (Wildman–Crippen LogP) is 3.13. The summed E-state index contributed by atoms with van der Waals surface area (Å²) in [4.78, 5) is 14.8. The Bertz CT molecular complexity index is 456. The molecule has 1 aromatic rings. The van der Waals surface area contributed by atoms with Crippen molar-refractivity contribution in [1.29, 1.82) is 0 Å². The van der Waals surface area contributed by atoms with Crippen molar-refractivity contribution in [3.63, 3.8) is 0 Å². The van der Waals surface area contributed by atoms with Crippen molar-refractivity contribution >= 4 is 6.09 Å². The first-order valence-electron chi connectivity index (χ1n) is 5.78. The van der Waals surface area contributed by atoms with E-state index in [2.05, 4.69) is 10.2 Å². The van der Waals surface area contributed by atoms with Gasteiger partial charge in [0.25, 0.3) is 0 Å². The molecule has 1 amide bonds. The van der Waals surface area contributed by atoms with Gasteiger partial charge in [0.1, 0.15) is 5.60 Å². The van der Waals surface area contributed by atoms with Crippen molar-refractivity contribution in [2.24, 2.45) is 0 Å². The van der Waals surface area contributed by atoms with Crippen LogP contribution in [0.15, 0.2) is 24.3 Å². The van der Waals surface area contributed by atoms with Gasteiger partial charge in [-0.25, -0.2) is 11.4 Å². The van der Waals surface area contributed by atoms with E-state index in [-0.39, 0.29) is 0 Å². The molecular weight excluding hydrogens is 228 g/mol. The zero-order chi connectivity index (χ0) is 13.6. The van der Waals surface area contributed by atoms with Gasteiger partial charge in [-0.3, -0.25) is 0 Å². The third-order valence-corrected chi connectivity index (χ3v) is 2.09. The number of nitrogens with zero attached hydrogens (tertiary/aromatic N) is 1. The largest absolute Gasteiger partial charge is 0.444 e. The molecule has 0 fully saturated rings. The van der Waals surface area contributed by atoms with E-state index in [9.17, 15) is 4.79 Å². The minimum atomic E-state index is -0.490. The van der Waals surface area contributed by atoms with Crippen molar-refractivity contribution in [2.45, 2.75) is 39.5 Å². The third kappa shape index (κ3) is 5.35. The molecule has 0 saturated carbocycles. The second kappa shape index (κ2) is 6.06. The number of ether oxygens (including phenoxy) is 1. The van der Waals surface area contributed by atoms with Crippen molar-refractivity contribution in [1.82, 2.24) is 5.32 Å². The molecule has 18 heavy (non-hydrogen) atoms. The summed E-state index contributed by atoms with van der Waals surface area (Å²) in [6, 6.07) is 7.60. The van der Waals surface area contributed by atoms with Gasteiger partial charge in [0.2, 0.25) is 6.54 Å². The van der Waals surface area contributed by atoms with Gasteiger partial charge in [0.05, 0.1) is 0 Å². The minimum Gasteiger partial charge on any atom is -0.444 e. The highest BCUT2D eigenvalue weighted by Crippen LogP contribution is 2.08. The van der Waals surface area contributed by atoms with Crippen LogP contribution in [0.25, 0.3) is 4.85 Å². The molecule has 0 aliphatic heterocycles. The van der Waals surface area contributed by atoms with Crippen LogP contribution < -0.4 is 5.32 Å². The number of benzene rings is 1. The number of nitrogens with one attached hydrogen (secondary N) is 1. The van der Waals surface area contributed by atoms with E-state index in [1.807, 2.05) is 45.0 Å². The van der Waals surface area contributed by atoms with Crippen LogP contribution in [0.3, 0.4) is 0 Å². The topological polar surface area (TPSA) is 42.7 Å². The summed E-state index contributed by atoms with van der Waals surface area (Å²) in [6.07, 6.45) is -0.432. The molecule has 0 radical (unpaired) electrons. The summed E-state index contributed by atoms with van der Waals surface area (Å²) < 4.78 is 5.14. The molecule has 0 unspecified atom stereocenters. The van der Waals surface area contributed by atoms with E-state index in [0.29, 0.717) is 13.1 Å². The molecule has 0 aliphatic rings. The van der Waals surface area contributed by atoms with E-state index in [4.69, 9.17) is 11.3 Å². The average Bonchev–Trinajstić information content (AvgIpc) is 2.25. The molecule has 96 valence electrons. The van der Waals surface area contributed by atoms with E-state index in [0.717, 1.165) is 11.1 Å². The average molecular weight is 246 g/mol. The van der Waals surface area contributed by atoms with E-state index >= 15 is 0 Å². The fraction of sp³-hybridized carbons (Fsp3) is 0.429. The van der Waals surface area contributed by atoms with Crippen LogP contribution in [-0.4, -0.2) is 11.7 Å². The highest BCUT2D eigenvalue weighted by atomic mass is 16.6. The van der Waals surface area contributed by atoms with Crippen LogP contribution in [0, 0.1) is 6.57 Å². The van der Waals surface area contributed by atoms with Gasteiger partial charge in [-0.15, -0.1) is 0 Å². The van der Waals surface area contributed by atoms with Crippen LogP contribution >= 0.6 is 0 Å². The Morgan fingerprint density at radius 2 is 2.06 bits per heavy atom. The minimum absolute atomic E-state index is 0.361. The Balaban J connectivity index is 2.51. The summed E-state index contributed by atoms with van der Waals surface area (Å²) >= 11 is 0. The molecule has 0 spiro atoms. The first kappa shape index (κ1) is 14.0.